The molecule has 1 aromatic carbocycles. The van der Waals surface area contributed by atoms with Crippen LogP contribution >= 0.6 is 0 Å². The lowest BCUT2D eigenvalue weighted by atomic mass is 9.89. The van der Waals surface area contributed by atoms with Gasteiger partial charge in [-0.3, -0.25) is 4.79 Å². The molecule has 1 saturated heterocycles. The molecular weight excluding hydrogens is 242 g/mol. The molecule has 101 valence electrons. The summed E-state index contributed by atoms with van der Waals surface area (Å²) in [6.45, 7) is 6.88. The Bertz CT molecular complexity index is 478. The molecule has 0 aliphatic carbocycles. The highest BCUT2D eigenvalue weighted by molar-refractivity contribution is 5.98. The number of nitrogens with zero attached hydrogens (tertiary/aromatic N) is 1. The summed E-state index contributed by atoms with van der Waals surface area (Å²) < 4.78 is 10.6. The molecule has 0 saturated carbocycles. The lowest BCUT2D eigenvalue weighted by molar-refractivity contribution is 0.0847. The van der Waals surface area contributed by atoms with Crippen LogP contribution in [0.5, 0.6) is 11.5 Å². The molecule has 2 heterocycles. The summed E-state index contributed by atoms with van der Waals surface area (Å²) in [7, 11) is 0. The second-order valence-electron chi connectivity index (χ2n) is 5.05. The Morgan fingerprint density at radius 2 is 2.00 bits per heavy atom. The van der Waals surface area contributed by atoms with Crippen molar-refractivity contribution in [3.8, 4) is 11.5 Å². The number of hydrogen-bond donors (Lipinski definition) is 0. The maximum atomic E-state index is 12.5. The number of Topliss-reactive ketones (excluding diaryl/α,β-unsaturated/α-hetero) is 1. The molecular formula is C15H18NO3. The van der Waals surface area contributed by atoms with E-state index in [1.54, 1.807) is 6.07 Å². The summed E-state index contributed by atoms with van der Waals surface area (Å²) in [5.74, 6) is 1.76. The number of rotatable bonds is 3. The van der Waals surface area contributed by atoms with Gasteiger partial charge in [0.05, 0.1) is 0 Å². The van der Waals surface area contributed by atoms with Gasteiger partial charge in [-0.15, -0.1) is 0 Å². The molecule has 2 aliphatic heterocycles. The first-order valence-corrected chi connectivity index (χ1v) is 6.73. The molecule has 1 aromatic rings. The maximum Gasteiger partial charge on any atom is 0.231 e. The first-order valence-electron chi connectivity index (χ1n) is 6.73. The lowest BCUT2D eigenvalue weighted by Gasteiger charge is -2.30. The van der Waals surface area contributed by atoms with Crippen LogP contribution in [0.3, 0.4) is 0 Å². The quantitative estimate of drug-likeness (QED) is 0.781. The maximum absolute atomic E-state index is 12.5. The molecule has 2 aliphatic rings. The van der Waals surface area contributed by atoms with Crippen molar-refractivity contribution in [3.05, 3.63) is 30.7 Å². The van der Waals surface area contributed by atoms with Crippen LogP contribution in [0.1, 0.15) is 23.2 Å². The topological polar surface area (TPSA) is 38.8 Å². The second-order valence-corrected chi connectivity index (χ2v) is 5.05. The number of ether oxygens (including phenoxy) is 2. The van der Waals surface area contributed by atoms with Crippen LogP contribution in [0.25, 0.3) is 0 Å². The average Bonchev–Trinajstić information content (AvgIpc) is 2.94. The highest BCUT2D eigenvalue weighted by Crippen LogP contribution is 2.33. The van der Waals surface area contributed by atoms with Crippen LogP contribution in [0.15, 0.2) is 18.2 Å². The van der Waals surface area contributed by atoms with Crippen molar-refractivity contribution in [1.82, 2.24) is 4.90 Å². The number of fused-ring (bicyclic) bond motifs is 1. The molecule has 3 rings (SSSR count). The van der Waals surface area contributed by atoms with E-state index in [0.29, 0.717) is 5.75 Å². The summed E-state index contributed by atoms with van der Waals surface area (Å²) >= 11 is 0. The fourth-order valence-corrected chi connectivity index (χ4v) is 2.70. The van der Waals surface area contributed by atoms with E-state index < -0.39 is 0 Å². The monoisotopic (exact) mass is 260 g/mol. The smallest absolute Gasteiger partial charge is 0.231 e. The van der Waals surface area contributed by atoms with E-state index in [1.165, 1.54) is 0 Å². The van der Waals surface area contributed by atoms with Gasteiger partial charge in [0, 0.05) is 11.5 Å². The fourth-order valence-electron chi connectivity index (χ4n) is 2.70. The van der Waals surface area contributed by atoms with Crippen molar-refractivity contribution in [3.63, 3.8) is 0 Å². The van der Waals surface area contributed by atoms with Crippen LogP contribution in [0.2, 0.25) is 0 Å². The summed E-state index contributed by atoms with van der Waals surface area (Å²) in [5, 5.41) is 0. The summed E-state index contributed by atoms with van der Waals surface area (Å²) in [4.78, 5) is 14.7. The van der Waals surface area contributed by atoms with E-state index in [4.69, 9.17) is 9.47 Å². The van der Waals surface area contributed by atoms with Crippen molar-refractivity contribution >= 4 is 5.78 Å². The van der Waals surface area contributed by atoms with Gasteiger partial charge in [0.25, 0.3) is 0 Å². The summed E-state index contributed by atoms with van der Waals surface area (Å²) in [6, 6.07) is 5.46. The van der Waals surface area contributed by atoms with Gasteiger partial charge in [-0.1, -0.05) is 0 Å². The molecule has 0 N–H and O–H groups in total. The minimum absolute atomic E-state index is 0.128. The van der Waals surface area contributed by atoms with E-state index >= 15 is 0 Å². The number of piperidine rings is 1. The molecule has 0 unspecified atom stereocenters. The Hall–Kier alpha value is -1.55. The Balaban J connectivity index is 1.70. The van der Waals surface area contributed by atoms with Gasteiger partial charge in [-0.2, -0.15) is 0 Å². The molecule has 1 fully saturated rings. The number of carbonyl (C=O) groups is 1. The Kier molecular flexibility index (Phi) is 3.42. The van der Waals surface area contributed by atoms with E-state index in [9.17, 15) is 4.79 Å². The molecule has 0 bridgehead atoms. The largest absolute Gasteiger partial charge is 0.454 e. The number of benzene rings is 1. The fraction of sp³-hybridized carbons (Fsp3) is 0.467. The number of likely N-dealkylation sites (tertiary alicyclic amines) is 1. The van der Waals surface area contributed by atoms with Crippen LogP contribution in [0.4, 0.5) is 0 Å². The molecule has 4 heteroatoms. The second kappa shape index (κ2) is 5.21. The van der Waals surface area contributed by atoms with E-state index in [1.807, 2.05) is 12.1 Å². The van der Waals surface area contributed by atoms with Gasteiger partial charge in [-0.05, 0) is 57.6 Å². The van der Waals surface area contributed by atoms with Crippen molar-refractivity contribution in [1.29, 1.82) is 0 Å². The molecule has 19 heavy (non-hydrogen) atoms. The standard InChI is InChI=1S/C15H18NO3/c1-2-16-7-5-11(6-8-16)15(17)12-3-4-13-14(9-12)19-10-18-13/h3-4,9,11H,1-2,5-8,10H2. The van der Waals surface area contributed by atoms with Gasteiger partial charge in [0.2, 0.25) is 6.79 Å². The van der Waals surface area contributed by atoms with Crippen LogP contribution in [-0.2, 0) is 0 Å². The Morgan fingerprint density at radius 3 is 2.74 bits per heavy atom. The van der Waals surface area contributed by atoms with Gasteiger partial charge in [0.1, 0.15) is 0 Å². The number of carbonyl (C=O) groups excluding carboxylic acids is 1. The summed E-state index contributed by atoms with van der Waals surface area (Å²) in [5.41, 5.74) is 0.734. The van der Waals surface area contributed by atoms with E-state index in [-0.39, 0.29) is 18.5 Å². The minimum atomic E-state index is 0.128. The SMILES string of the molecule is [CH2]CN1CCC(C(=O)c2ccc3c(c2)OCO3)CC1. The zero-order chi connectivity index (χ0) is 13.2. The van der Waals surface area contributed by atoms with Crippen LogP contribution in [-0.4, -0.2) is 37.1 Å². The number of ketones is 1. The third-order valence-electron chi connectivity index (χ3n) is 3.93. The molecule has 4 nitrogen and oxygen atoms in total. The first kappa shape index (κ1) is 12.5. The first-order chi connectivity index (χ1) is 9.28. The highest BCUT2D eigenvalue weighted by Gasteiger charge is 2.26. The predicted octanol–water partition coefficient (Wildman–Crippen LogP) is 2.14. The Morgan fingerprint density at radius 1 is 1.26 bits per heavy atom. The third-order valence-corrected chi connectivity index (χ3v) is 3.93. The summed E-state index contributed by atoms with van der Waals surface area (Å²) in [6.07, 6.45) is 1.84. The van der Waals surface area contributed by atoms with Gasteiger partial charge in [-0.25, -0.2) is 0 Å². The third kappa shape index (κ3) is 2.45. The van der Waals surface area contributed by atoms with Crippen molar-refractivity contribution in [2.75, 3.05) is 26.4 Å². The van der Waals surface area contributed by atoms with Crippen LogP contribution < -0.4 is 9.47 Å². The lowest BCUT2D eigenvalue weighted by Crippen LogP contribution is -2.36. The van der Waals surface area contributed by atoms with E-state index in [2.05, 4.69) is 11.8 Å². The van der Waals surface area contributed by atoms with Crippen molar-refractivity contribution < 1.29 is 14.3 Å². The molecule has 0 atom stereocenters. The van der Waals surface area contributed by atoms with Crippen molar-refractivity contribution in [2.24, 2.45) is 5.92 Å². The van der Waals surface area contributed by atoms with Crippen molar-refractivity contribution in [2.45, 2.75) is 12.8 Å². The Labute approximate surface area is 113 Å². The predicted molar refractivity (Wildman–Crippen MR) is 71.4 cm³/mol. The zero-order valence-electron chi connectivity index (χ0n) is 10.9. The normalized spacial score (nSPS) is 19.6. The average molecular weight is 260 g/mol. The van der Waals surface area contributed by atoms with E-state index in [0.717, 1.165) is 43.8 Å². The van der Waals surface area contributed by atoms with Gasteiger partial charge in [0.15, 0.2) is 17.3 Å². The molecule has 1 radical (unpaired) electrons. The molecule has 0 aromatic heterocycles. The minimum Gasteiger partial charge on any atom is -0.454 e. The molecule has 0 amide bonds. The van der Waals surface area contributed by atoms with Gasteiger partial charge >= 0.3 is 0 Å². The van der Waals surface area contributed by atoms with Crippen LogP contribution in [0, 0.1) is 12.8 Å². The molecule has 0 spiro atoms. The zero-order valence-corrected chi connectivity index (χ0v) is 10.9. The number of hydrogen-bond acceptors (Lipinski definition) is 4. The van der Waals surface area contributed by atoms with Gasteiger partial charge < -0.3 is 14.4 Å². The highest BCUT2D eigenvalue weighted by atomic mass is 16.7.